The Hall–Kier alpha value is -1.69. The van der Waals surface area contributed by atoms with Gasteiger partial charge in [-0.25, -0.2) is 0 Å². The average Bonchev–Trinajstić information content (AvgIpc) is 2.66. The lowest BCUT2D eigenvalue weighted by atomic mass is 10.1. The van der Waals surface area contributed by atoms with E-state index in [4.69, 9.17) is 23.2 Å². The van der Waals surface area contributed by atoms with E-state index in [2.05, 4.69) is 5.32 Å². The van der Waals surface area contributed by atoms with Crippen LogP contribution in [0.25, 0.3) is 0 Å². The van der Waals surface area contributed by atoms with Crippen LogP contribution in [0.5, 0.6) is 0 Å². The molecule has 0 spiro atoms. The van der Waals surface area contributed by atoms with E-state index in [1.165, 1.54) is 11.8 Å². The third-order valence-electron chi connectivity index (χ3n) is 4.14. The molecule has 0 heterocycles. The first kappa shape index (κ1) is 22.6. The highest BCUT2D eigenvalue weighted by Crippen LogP contribution is 2.19. The fourth-order valence-corrected chi connectivity index (χ4v) is 3.99. The lowest BCUT2D eigenvalue weighted by Crippen LogP contribution is -2.48. The van der Waals surface area contributed by atoms with Crippen molar-refractivity contribution in [3.8, 4) is 0 Å². The predicted octanol–water partition coefficient (Wildman–Crippen LogP) is 4.78. The van der Waals surface area contributed by atoms with Crippen molar-refractivity contribution in [2.45, 2.75) is 32.2 Å². The van der Waals surface area contributed by atoms with E-state index in [0.717, 1.165) is 11.1 Å². The summed E-state index contributed by atoms with van der Waals surface area (Å²) in [5, 5.41) is 4.07. The Balaban J connectivity index is 2.05. The van der Waals surface area contributed by atoms with Crippen LogP contribution in [0.3, 0.4) is 0 Å². The van der Waals surface area contributed by atoms with E-state index in [1.54, 1.807) is 17.9 Å². The van der Waals surface area contributed by atoms with Crippen LogP contribution in [0.4, 0.5) is 0 Å². The van der Waals surface area contributed by atoms with Crippen molar-refractivity contribution in [1.82, 2.24) is 10.2 Å². The fourth-order valence-electron chi connectivity index (χ4n) is 2.70. The van der Waals surface area contributed by atoms with E-state index < -0.39 is 6.04 Å². The fraction of sp³-hybridized carbons (Fsp3) is 0.333. The molecule has 0 saturated heterocycles. The number of carbonyl (C=O) groups is 2. The second kappa shape index (κ2) is 11.3. The Kier molecular flexibility index (Phi) is 9.16. The highest BCUT2D eigenvalue weighted by molar-refractivity contribution is 7.99. The van der Waals surface area contributed by atoms with Gasteiger partial charge in [-0.1, -0.05) is 47.5 Å². The number of amides is 2. The molecular formula is C21H24Cl2N2O2S. The van der Waals surface area contributed by atoms with Crippen molar-refractivity contribution in [2.24, 2.45) is 0 Å². The third-order valence-corrected chi connectivity index (χ3v) is 5.60. The first-order valence-electron chi connectivity index (χ1n) is 9.04. The van der Waals surface area contributed by atoms with Gasteiger partial charge in [0.05, 0.1) is 5.75 Å². The maximum absolute atomic E-state index is 12.9. The molecule has 0 aliphatic rings. The van der Waals surface area contributed by atoms with E-state index in [1.807, 2.05) is 49.4 Å². The van der Waals surface area contributed by atoms with Crippen molar-refractivity contribution in [1.29, 1.82) is 0 Å². The van der Waals surface area contributed by atoms with Gasteiger partial charge >= 0.3 is 0 Å². The third kappa shape index (κ3) is 7.04. The number of carbonyl (C=O) groups excluding carboxylic acids is 2. The van der Waals surface area contributed by atoms with Gasteiger partial charge in [0.25, 0.3) is 0 Å². The summed E-state index contributed by atoms with van der Waals surface area (Å²) >= 11 is 13.6. The Bertz CT molecular complexity index is 816. The summed E-state index contributed by atoms with van der Waals surface area (Å²) in [5.74, 6) is 0.687. The number of hydrogen-bond donors (Lipinski definition) is 1. The normalized spacial score (nSPS) is 11.7. The summed E-state index contributed by atoms with van der Waals surface area (Å²) in [5.41, 5.74) is 1.94. The Morgan fingerprint density at radius 2 is 1.68 bits per heavy atom. The van der Waals surface area contributed by atoms with Gasteiger partial charge in [0.1, 0.15) is 6.04 Å². The number of thioether (sulfide) groups is 1. The summed E-state index contributed by atoms with van der Waals surface area (Å²) in [7, 11) is 0. The van der Waals surface area contributed by atoms with E-state index in [9.17, 15) is 9.59 Å². The lowest BCUT2D eigenvalue weighted by Gasteiger charge is -2.28. The molecule has 0 radical (unpaired) electrons. The van der Waals surface area contributed by atoms with Gasteiger partial charge in [0.2, 0.25) is 11.8 Å². The van der Waals surface area contributed by atoms with Crippen molar-refractivity contribution in [2.75, 3.05) is 12.3 Å². The van der Waals surface area contributed by atoms with Crippen LogP contribution in [0.1, 0.15) is 25.0 Å². The van der Waals surface area contributed by atoms with Gasteiger partial charge in [-0.05, 0) is 49.2 Å². The van der Waals surface area contributed by atoms with Gasteiger partial charge < -0.3 is 10.2 Å². The maximum Gasteiger partial charge on any atom is 0.242 e. The number of nitrogens with one attached hydrogen (secondary N) is 1. The van der Waals surface area contributed by atoms with E-state index in [-0.39, 0.29) is 17.6 Å². The Morgan fingerprint density at radius 1 is 1.07 bits per heavy atom. The lowest BCUT2D eigenvalue weighted by molar-refractivity contribution is -0.138. The molecule has 4 nitrogen and oxygen atoms in total. The standard InChI is InChI=1S/C21H24Cl2N2O2S/c1-3-24-21(27)15(2)25(12-16-6-4-8-18(22)10-16)20(26)14-28-13-17-7-5-9-19(23)11-17/h4-11,15H,3,12-14H2,1-2H3,(H,24,27)/t15-/m1/s1. The number of halogens is 2. The number of likely N-dealkylation sites (N-methyl/N-ethyl adjacent to an activating group) is 1. The monoisotopic (exact) mass is 438 g/mol. The van der Waals surface area contributed by atoms with Gasteiger partial charge in [-0.15, -0.1) is 11.8 Å². The zero-order valence-electron chi connectivity index (χ0n) is 16.0. The highest BCUT2D eigenvalue weighted by atomic mass is 35.5. The number of hydrogen-bond acceptors (Lipinski definition) is 3. The molecule has 2 aromatic rings. The minimum Gasteiger partial charge on any atom is -0.355 e. The molecule has 0 unspecified atom stereocenters. The Labute approximate surface area is 180 Å². The molecule has 0 bridgehead atoms. The van der Waals surface area contributed by atoms with Crippen molar-refractivity contribution < 1.29 is 9.59 Å². The molecule has 0 aliphatic carbocycles. The molecule has 2 aromatic carbocycles. The minimum atomic E-state index is -0.571. The zero-order chi connectivity index (χ0) is 20.5. The van der Waals surface area contributed by atoms with Gasteiger partial charge in [0.15, 0.2) is 0 Å². The van der Waals surface area contributed by atoms with E-state index >= 15 is 0 Å². The molecule has 2 rings (SSSR count). The molecule has 0 aromatic heterocycles. The molecular weight excluding hydrogens is 415 g/mol. The Morgan fingerprint density at radius 3 is 2.29 bits per heavy atom. The van der Waals surface area contributed by atoms with Gasteiger partial charge in [-0.2, -0.15) is 0 Å². The molecule has 1 atom stereocenters. The van der Waals surface area contributed by atoms with Crippen LogP contribution in [0, 0.1) is 0 Å². The van der Waals surface area contributed by atoms with Crippen molar-refractivity contribution >= 4 is 46.8 Å². The average molecular weight is 439 g/mol. The molecule has 0 aliphatic heterocycles. The molecule has 0 saturated carbocycles. The van der Waals surface area contributed by atoms with E-state index in [0.29, 0.717) is 28.9 Å². The van der Waals surface area contributed by atoms with Crippen LogP contribution >= 0.6 is 35.0 Å². The van der Waals surface area contributed by atoms with Crippen LogP contribution in [0.2, 0.25) is 10.0 Å². The molecule has 2 amide bonds. The summed E-state index contributed by atoms with van der Waals surface area (Å²) in [6, 6.07) is 14.3. The first-order chi connectivity index (χ1) is 13.4. The number of benzene rings is 2. The topological polar surface area (TPSA) is 49.4 Å². The second-order valence-corrected chi connectivity index (χ2v) is 8.20. The van der Waals surface area contributed by atoms with Gasteiger partial charge in [-0.3, -0.25) is 9.59 Å². The van der Waals surface area contributed by atoms with Crippen LogP contribution in [-0.2, 0) is 21.9 Å². The summed E-state index contributed by atoms with van der Waals surface area (Å²) in [6.45, 7) is 4.45. The van der Waals surface area contributed by atoms with Gasteiger partial charge in [0, 0.05) is 28.9 Å². The quantitative estimate of drug-likeness (QED) is 0.612. The van der Waals surface area contributed by atoms with Crippen LogP contribution < -0.4 is 5.32 Å². The van der Waals surface area contributed by atoms with Crippen LogP contribution in [0.15, 0.2) is 48.5 Å². The van der Waals surface area contributed by atoms with Crippen molar-refractivity contribution in [3.05, 3.63) is 69.7 Å². The largest absolute Gasteiger partial charge is 0.355 e. The first-order valence-corrected chi connectivity index (χ1v) is 11.0. The number of rotatable bonds is 9. The SMILES string of the molecule is CCNC(=O)[C@@H](C)N(Cc1cccc(Cl)c1)C(=O)CSCc1cccc(Cl)c1. The minimum absolute atomic E-state index is 0.0919. The highest BCUT2D eigenvalue weighted by Gasteiger charge is 2.25. The zero-order valence-corrected chi connectivity index (χ0v) is 18.3. The molecule has 150 valence electrons. The summed E-state index contributed by atoms with van der Waals surface area (Å²) in [4.78, 5) is 26.8. The number of nitrogens with zero attached hydrogens (tertiary/aromatic N) is 1. The molecule has 28 heavy (non-hydrogen) atoms. The summed E-state index contributed by atoms with van der Waals surface area (Å²) < 4.78 is 0. The summed E-state index contributed by atoms with van der Waals surface area (Å²) in [6.07, 6.45) is 0. The predicted molar refractivity (Wildman–Crippen MR) is 118 cm³/mol. The molecule has 1 N–H and O–H groups in total. The van der Waals surface area contributed by atoms with Crippen LogP contribution in [-0.4, -0.2) is 35.1 Å². The molecule has 0 fully saturated rings. The second-order valence-electron chi connectivity index (χ2n) is 6.34. The molecule has 7 heteroatoms. The maximum atomic E-state index is 12.9. The smallest absolute Gasteiger partial charge is 0.242 e. The van der Waals surface area contributed by atoms with Crippen molar-refractivity contribution in [3.63, 3.8) is 0 Å².